The van der Waals surface area contributed by atoms with Crippen molar-refractivity contribution < 1.29 is 18.7 Å². The Hall–Kier alpha value is -4.24. The van der Waals surface area contributed by atoms with Crippen molar-refractivity contribution in [2.45, 2.75) is 0 Å². The molecule has 178 valence electrons. The van der Waals surface area contributed by atoms with Gasteiger partial charge in [-0.2, -0.15) is 0 Å². The SMILES string of the molecule is COc1ncc(-c2ccc3nc(N)c(-c4ccc(C(=O)N5CCOCC5)cc4)c(F)c3c2)cc1N. The molecule has 1 fully saturated rings. The normalized spacial score (nSPS) is 13.7. The molecule has 8 nitrogen and oxygen atoms in total. The van der Waals surface area contributed by atoms with Crippen molar-refractivity contribution in [3.63, 3.8) is 0 Å². The summed E-state index contributed by atoms with van der Waals surface area (Å²) in [5, 5.41) is 0.314. The van der Waals surface area contributed by atoms with E-state index < -0.39 is 5.82 Å². The highest BCUT2D eigenvalue weighted by molar-refractivity contribution is 5.96. The second-order valence-electron chi connectivity index (χ2n) is 8.22. The van der Waals surface area contributed by atoms with E-state index in [2.05, 4.69) is 9.97 Å². The number of nitrogens with zero attached hydrogens (tertiary/aromatic N) is 3. The number of aromatic nitrogens is 2. The van der Waals surface area contributed by atoms with Crippen LogP contribution in [0.1, 0.15) is 10.4 Å². The van der Waals surface area contributed by atoms with Crippen molar-refractivity contribution in [1.29, 1.82) is 0 Å². The lowest BCUT2D eigenvalue weighted by Crippen LogP contribution is -2.40. The fourth-order valence-electron chi connectivity index (χ4n) is 4.22. The number of halogens is 1. The van der Waals surface area contributed by atoms with Gasteiger partial charge in [0, 0.05) is 35.8 Å². The van der Waals surface area contributed by atoms with Crippen LogP contribution in [0, 0.1) is 5.82 Å². The number of ether oxygens (including phenoxy) is 2. The van der Waals surface area contributed by atoms with E-state index in [1.165, 1.54) is 7.11 Å². The van der Waals surface area contributed by atoms with Crippen LogP contribution in [0.3, 0.4) is 0 Å². The van der Waals surface area contributed by atoms with Gasteiger partial charge in [-0.05, 0) is 41.5 Å². The molecule has 0 unspecified atom stereocenters. The number of hydrogen-bond acceptors (Lipinski definition) is 7. The Bertz CT molecular complexity index is 1420. The van der Waals surface area contributed by atoms with Gasteiger partial charge < -0.3 is 25.8 Å². The van der Waals surface area contributed by atoms with Crippen molar-refractivity contribution in [1.82, 2.24) is 14.9 Å². The standard InChI is InChI=1S/C26H24FN5O3/c1-34-25-20(28)13-18(14-30-25)17-6-7-21-19(12-17)23(27)22(24(29)31-21)15-2-4-16(5-3-15)26(33)32-8-10-35-11-9-32/h2-7,12-14H,8-11,28H2,1H3,(H2,29,31). The van der Waals surface area contributed by atoms with Gasteiger partial charge in [0.15, 0.2) is 0 Å². The van der Waals surface area contributed by atoms with Crippen molar-refractivity contribution in [2.24, 2.45) is 0 Å². The minimum absolute atomic E-state index is 0.0744. The predicted molar refractivity (Wildman–Crippen MR) is 132 cm³/mol. The fourth-order valence-corrected chi connectivity index (χ4v) is 4.22. The minimum atomic E-state index is -0.490. The Morgan fingerprint density at radius 1 is 1.03 bits per heavy atom. The Morgan fingerprint density at radius 3 is 2.43 bits per heavy atom. The molecule has 0 aliphatic carbocycles. The van der Waals surface area contributed by atoms with Crippen LogP contribution in [0.15, 0.2) is 54.7 Å². The maximum atomic E-state index is 15.8. The van der Waals surface area contributed by atoms with Gasteiger partial charge in [-0.25, -0.2) is 14.4 Å². The number of benzene rings is 2. The smallest absolute Gasteiger partial charge is 0.254 e. The molecule has 9 heteroatoms. The van der Waals surface area contributed by atoms with Crippen LogP contribution in [-0.4, -0.2) is 54.2 Å². The molecule has 1 amide bonds. The van der Waals surface area contributed by atoms with Crippen LogP contribution in [0.4, 0.5) is 15.9 Å². The predicted octanol–water partition coefficient (Wildman–Crippen LogP) is 3.75. The molecule has 3 heterocycles. The molecule has 2 aromatic carbocycles. The summed E-state index contributed by atoms with van der Waals surface area (Å²) >= 11 is 0. The topological polar surface area (TPSA) is 117 Å². The summed E-state index contributed by atoms with van der Waals surface area (Å²) in [5.74, 6) is -0.170. The average molecular weight is 474 g/mol. The summed E-state index contributed by atoms with van der Waals surface area (Å²) in [5.41, 5.74) is 15.6. The largest absolute Gasteiger partial charge is 0.480 e. The molecule has 0 bridgehead atoms. The van der Waals surface area contributed by atoms with Crippen LogP contribution < -0.4 is 16.2 Å². The maximum Gasteiger partial charge on any atom is 0.254 e. The van der Waals surface area contributed by atoms with E-state index in [0.29, 0.717) is 65.5 Å². The lowest BCUT2D eigenvalue weighted by atomic mass is 9.99. The number of hydrogen-bond donors (Lipinski definition) is 2. The fraction of sp³-hybridized carbons (Fsp3) is 0.192. The molecule has 0 radical (unpaired) electrons. The molecule has 0 spiro atoms. The highest BCUT2D eigenvalue weighted by Crippen LogP contribution is 2.35. The third kappa shape index (κ3) is 4.22. The highest BCUT2D eigenvalue weighted by atomic mass is 19.1. The summed E-state index contributed by atoms with van der Waals surface area (Å²) in [7, 11) is 1.49. The zero-order chi connectivity index (χ0) is 24.5. The molecule has 35 heavy (non-hydrogen) atoms. The zero-order valence-electron chi connectivity index (χ0n) is 19.1. The molecule has 4 N–H and O–H groups in total. The number of anilines is 2. The number of carbonyl (C=O) groups is 1. The van der Waals surface area contributed by atoms with Gasteiger partial charge in [0.1, 0.15) is 11.6 Å². The molecule has 0 atom stereocenters. The number of methoxy groups -OCH3 is 1. The Labute approximate surface area is 201 Å². The number of fused-ring (bicyclic) bond motifs is 1. The molecular weight excluding hydrogens is 449 g/mol. The molecule has 2 aromatic heterocycles. The quantitative estimate of drug-likeness (QED) is 0.464. The van der Waals surface area contributed by atoms with Gasteiger partial charge in [-0.15, -0.1) is 0 Å². The van der Waals surface area contributed by atoms with Gasteiger partial charge in [0.2, 0.25) is 5.88 Å². The maximum absolute atomic E-state index is 15.8. The lowest BCUT2D eigenvalue weighted by Gasteiger charge is -2.26. The number of pyridine rings is 2. The highest BCUT2D eigenvalue weighted by Gasteiger charge is 2.20. The minimum Gasteiger partial charge on any atom is -0.480 e. The van der Waals surface area contributed by atoms with Crippen molar-refractivity contribution in [3.8, 4) is 28.1 Å². The van der Waals surface area contributed by atoms with Crippen LogP contribution in [0.2, 0.25) is 0 Å². The number of carbonyl (C=O) groups excluding carboxylic acids is 1. The first-order valence-electron chi connectivity index (χ1n) is 11.1. The number of nitrogens with two attached hydrogens (primary N) is 2. The van der Waals surface area contributed by atoms with Crippen LogP contribution in [-0.2, 0) is 4.74 Å². The zero-order valence-corrected chi connectivity index (χ0v) is 19.1. The number of rotatable bonds is 4. The van der Waals surface area contributed by atoms with Crippen molar-refractivity contribution in [2.75, 3.05) is 44.9 Å². The van der Waals surface area contributed by atoms with Crippen molar-refractivity contribution >= 4 is 28.3 Å². The lowest BCUT2D eigenvalue weighted by molar-refractivity contribution is 0.0303. The van der Waals surface area contributed by atoms with Crippen LogP contribution >= 0.6 is 0 Å². The molecule has 1 aliphatic heterocycles. The first-order chi connectivity index (χ1) is 17.0. The molecule has 5 rings (SSSR count). The third-order valence-corrected chi connectivity index (χ3v) is 6.07. The van der Waals surface area contributed by atoms with Crippen molar-refractivity contribution in [3.05, 3.63) is 66.1 Å². The summed E-state index contributed by atoms with van der Waals surface area (Å²) in [6.07, 6.45) is 1.62. The second kappa shape index (κ2) is 9.19. The first kappa shape index (κ1) is 22.5. The number of morpholine rings is 1. The monoisotopic (exact) mass is 473 g/mol. The van der Waals surface area contributed by atoms with E-state index in [9.17, 15) is 4.79 Å². The molecular formula is C26H24FN5O3. The van der Waals surface area contributed by atoms with E-state index >= 15 is 4.39 Å². The Balaban J connectivity index is 1.51. The van der Waals surface area contributed by atoms with E-state index in [1.807, 2.05) is 6.07 Å². The summed E-state index contributed by atoms with van der Waals surface area (Å²) < 4.78 is 26.2. The Morgan fingerprint density at radius 2 is 1.74 bits per heavy atom. The van der Waals surface area contributed by atoms with Gasteiger partial charge in [0.05, 0.1) is 37.1 Å². The Kier molecular flexibility index (Phi) is 5.92. The molecule has 0 saturated carbocycles. The van der Waals surface area contributed by atoms with Gasteiger partial charge in [0.25, 0.3) is 5.91 Å². The van der Waals surface area contributed by atoms with E-state index in [4.69, 9.17) is 20.9 Å². The van der Waals surface area contributed by atoms with E-state index in [-0.39, 0.29) is 17.3 Å². The van der Waals surface area contributed by atoms with Gasteiger partial charge >= 0.3 is 0 Å². The molecule has 1 aliphatic rings. The number of nitrogen functional groups attached to an aromatic ring is 2. The van der Waals surface area contributed by atoms with Gasteiger partial charge in [-0.3, -0.25) is 4.79 Å². The second-order valence-corrected chi connectivity index (χ2v) is 8.22. The summed E-state index contributed by atoms with van der Waals surface area (Å²) in [6.45, 7) is 2.15. The first-order valence-corrected chi connectivity index (χ1v) is 11.1. The van der Waals surface area contributed by atoms with Crippen LogP contribution in [0.5, 0.6) is 5.88 Å². The summed E-state index contributed by atoms with van der Waals surface area (Å²) in [6, 6.07) is 13.7. The molecule has 1 saturated heterocycles. The average Bonchev–Trinajstić information content (AvgIpc) is 2.89. The van der Waals surface area contributed by atoms with Gasteiger partial charge in [-0.1, -0.05) is 18.2 Å². The van der Waals surface area contributed by atoms with Crippen LogP contribution in [0.25, 0.3) is 33.2 Å². The molecule has 4 aromatic rings. The number of amides is 1. The third-order valence-electron chi connectivity index (χ3n) is 6.07. The van der Waals surface area contributed by atoms with E-state index in [0.717, 1.165) is 5.56 Å². The summed E-state index contributed by atoms with van der Waals surface area (Å²) in [4.78, 5) is 23.1. The van der Waals surface area contributed by atoms with E-state index in [1.54, 1.807) is 53.6 Å².